The largest absolute Gasteiger partial charge is 0.330 e. The van der Waals surface area contributed by atoms with Gasteiger partial charge in [-0.25, -0.2) is 0 Å². The maximum Gasteiger partial charge on any atom is 0.109 e. The normalized spacial score (nSPS) is 15.6. The van der Waals surface area contributed by atoms with E-state index >= 15 is 0 Å². The third-order valence-corrected chi connectivity index (χ3v) is 4.33. The Morgan fingerprint density at radius 3 is 1.90 bits per heavy atom. The Hall–Kier alpha value is -2.11. The minimum absolute atomic E-state index is 0.510. The van der Waals surface area contributed by atoms with Gasteiger partial charge >= 0.3 is 0 Å². The molecule has 0 saturated heterocycles. The van der Waals surface area contributed by atoms with E-state index < -0.39 is 5.41 Å². The molecule has 20 heavy (non-hydrogen) atoms. The topological polar surface area (TPSA) is 49.8 Å². The van der Waals surface area contributed by atoms with Gasteiger partial charge in [0.15, 0.2) is 0 Å². The van der Waals surface area contributed by atoms with Crippen LogP contribution in [-0.4, -0.2) is 6.54 Å². The molecule has 3 rings (SSSR count). The molecule has 1 aliphatic carbocycles. The van der Waals surface area contributed by atoms with Gasteiger partial charge in [0.1, 0.15) is 5.41 Å². The fourth-order valence-electron chi connectivity index (χ4n) is 3.39. The van der Waals surface area contributed by atoms with E-state index in [-0.39, 0.29) is 0 Å². The fourth-order valence-corrected chi connectivity index (χ4v) is 3.39. The van der Waals surface area contributed by atoms with Crippen LogP contribution in [-0.2, 0) is 18.3 Å². The molecule has 0 aliphatic heterocycles. The van der Waals surface area contributed by atoms with Crippen molar-refractivity contribution in [2.24, 2.45) is 5.73 Å². The summed E-state index contributed by atoms with van der Waals surface area (Å²) in [6.45, 7) is 0.510. The number of fused-ring (bicyclic) bond motifs is 2. The van der Waals surface area contributed by atoms with Gasteiger partial charge in [0, 0.05) is 0 Å². The summed E-state index contributed by atoms with van der Waals surface area (Å²) in [6.07, 6.45) is 2.64. The van der Waals surface area contributed by atoms with Crippen molar-refractivity contribution in [1.82, 2.24) is 0 Å². The molecule has 2 aromatic carbocycles. The molecule has 1 aliphatic rings. The van der Waals surface area contributed by atoms with Crippen LogP contribution in [0.15, 0.2) is 48.5 Å². The average Bonchev–Trinajstić information content (AvgIpc) is 2.64. The van der Waals surface area contributed by atoms with Crippen molar-refractivity contribution >= 4 is 0 Å². The smallest absolute Gasteiger partial charge is 0.109 e. The van der Waals surface area contributed by atoms with Crippen LogP contribution in [0.3, 0.4) is 0 Å². The molecule has 0 spiro atoms. The van der Waals surface area contributed by atoms with E-state index in [4.69, 9.17) is 5.73 Å². The van der Waals surface area contributed by atoms with Gasteiger partial charge in [0.25, 0.3) is 0 Å². The number of nitriles is 1. The second kappa shape index (κ2) is 5.11. The summed E-state index contributed by atoms with van der Waals surface area (Å²) in [4.78, 5) is 0. The number of aryl methyl sites for hydroxylation is 2. The molecule has 0 radical (unpaired) electrons. The standard InChI is InChI=1S/C18H18N2/c19-12-11-18(13-20)16-7-3-1-5-14(16)9-10-15-6-2-4-8-17(15)18/h1-8H,9-12,19H2. The number of hydrogen-bond donors (Lipinski definition) is 1. The van der Waals surface area contributed by atoms with Crippen LogP contribution in [0.25, 0.3) is 0 Å². The molecule has 0 saturated carbocycles. The van der Waals surface area contributed by atoms with Gasteiger partial charge in [-0.15, -0.1) is 0 Å². The van der Waals surface area contributed by atoms with Gasteiger partial charge in [0.2, 0.25) is 0 Å². The summed E-state index contributed by atoms with van der Waals surface area (Å²) >= 11 is 0. The van der Waals surface area contributed by atoms with Gasteiger partial charge in [-0.2, -0.15) is 5.26 Å². The molecule has 0 bridgehead atoms. The first-order chi connectivity index (χ1) is 9.81. The molecule has 0 atom stereocenters. The molecule has 0 unspecified atom stereocenters. The predicted molar refractivity (Wildman–Crippen MR) is 80.4 cm³/mol. The van der Waals surface area contributed by atoms with Crippen LogP contribution < -0.4 is 5.73 Å². The summed E-state index contributed by atoms with van der Waals surface area (Å²) in [7, 11) is 0. The molecule has 2 heteroatoms. The summed E-state index contributed by atoms with van der Waals surface area (Å²) in [5.74, 6) is 0. The third kappa shape index (κ3) is 1.83. The van der Waals surface area contributed by atoms with Crippen molar-refractivity contribution in [1.29, 1.82) is 5.26 Å². The minimum Gasteiger partial charge on any atom is -0.330 e. The predicted octanol–water partition coefficient (Wildman–Crippen LogP) is 2.94. The van der Waals surface area contributed by atoms with Crippen molar-refractivity contribution in [2.75, 3.05) is 6.54 Å². The molecular formula is C18H18N2. The monoisotopic (exact) mass is 262 g/mol. The highest BCUT2D eigenvalue weighted by molar-refractivity contribution is 5.54. The quantitative estimate of drug-likeness (QED) is 0.904. The molecule has 0 amide bonds. The first-order valence-electron chi connectivity index (χ1n) is 7.10. The first-order valence-corrected chi connectivity index (χ1v) is 7.10. The Morgan fingerprint density at radius 1 is 0.950 bits per heavy atom. The van der Waals surface area contributed by atoms with Crippen LogP contribution in [0.5, 0.6) is 0 Å². The zero-order chi connectivity index (χ0) is 14.0. The van der Waals surface area contributed by atoms with E-state index in [0.717, 1.165) is 24.0 Å². The van der Waals surface area contributed by atoms with E-state index in [1.165, 1.54) is 11.1 Å². The van der Waals surface area contributed by atoms with E-state index in [1.54, 1.807) is 0 Å². The molecule has 100 valence electrons. The van der Waals surface area contributed by atoms with Crippen LogP contribution in [0.4, 0.5) is 0 Å². The summed E-state index contributed by atoms with van der Waals surface area (Å²) in [5.41, 5.74) is 10.1. The highest BCUT2D eigenvalue weighted by atomic mass is 14.6. The van der Waals surface area contributed by atoms with Crippen molar-refractivity contribution < 1.29 is 0 Å². The molecule has 0 aromatic heterocycles. The molecule has 0 fully saturated rings. The number of nitrogens with two attached hydrogens (primary N) is 1. The second-order valence-electron chi connectivity index (χ2n) is 5.37. The third-order valence-electron chi connectivity index (χ3n) is 4.33. The molecule has 2 aromatic rings. The Bertz CT molecular complexity index is 620. The SMILES string of the molecule is N#CC1(CCN)c2ccccc2CCc2ccccc21. The van der Waals surface area contributed by atoms with E-state index in [0.29, 0.717) is 13.0 Å². The lowest BCUT2D eigenvalue weighted by atomic mass is 9.71. The highest BCUT2D eigenvalue weighted by Gasteiger charge is 2.38. The number of rotatable bonds is 2. The zero-order valence-corrected chi connectivity index (χ0v) is 11.5. The van der Waals surface area contributed by atoms with Gasteiger partial charge in [-0.1, -0.05) is 48.5 Å². The number of benzene rings is 2. The van der Waals surface area contributed by atoms with Crippen molar-refractivity contribution in [2.45, 2.75) is 24.7 Å². The van der Waals surface area contributed by atoms with Gasteiger partial charge in [-0.3, -0.25) is 0 Å². The van der Waals surface area contributed by atoms with E-state index in [2.05, 4.69) is 42.5 Å². The van der Waals surface area contributed by atoms with Crippen LogP contribution >= 0.6 is 0 Å². The lowest BCUT2D eigenvalue weighted by molar-refractivity contribution is 0.599. The maximum absolute atomic E-state index is 9.99. The molecule has 0 heterocycles. The van der Waals surface area contributed by atoms with Crippen molar-refractivity contribution in [3.05, 3.63) is 70.8 Å². The Kier molecular flexibility index (Phi) is 3.30. The fraction of sp³-hybridized carbons (Fsp3) is 0.278. The lowest BCUT2D eigenvalue weighted by Gasteiger charge is -2.29. The minimum atomic E-state index is -0.599. The van der Waals surface area contributed by atoms with Crippen LogP contribution in [0.2, 0.25) is 0 Å². The summed E-state index contributed by atoms with van der Waals surface area (Å²) < 4.78 is 0. The lowest BCUT2D eigenvalue weighted by Crippen LogP contribution is -2.30. The van der Waals surface area contributed by atoms with Crippen molar-refractivity contribution in [3.8, 4) is 6.07 Å². The van der Waals surface area contributed by atoms with Gasteiger partial charge < -0.3 is 5.73 Å². The Balaban J connectivity index is 2.32. The highest BCUT2D eigenvalue weighted by Crippen LogP contribution is 2.41. The number of nitrogens with zero attached hydrogens (tertiary/aromatic N) is 1. The van der Waals surface area contributed by atoms with Crippen LogP contribution in [0, 0.1) is 11.3 Å². The summed E-state index contributed by atoms with van der Waals surface area (Å²) in [6, 6.07) is 19.2. The molecular weight excluding hydrogens is 244 g/mol. The van der Waals surface area contributed by atoms with Crippen molar-refractivity contribution in [3.63, 3.8) is 0 Å². The maximum atomic E-state index is 9.99. The Labute approximate surface area is 119 Å². The molecule has 2 nitrogen and oxygen atoms in total. The summed E-state index contributed by atoms with van der Waals surface area (Å²) in [5, 5.41) is 9.99. The van der Waals surface area contributed by atoms with Gasteiger partial charge in [0.05, 0.1) is 6.07 Å². The second-order valence-corrected chi connectivity index (χ2v) is 5.37. The van der Waals surface area contributed by atoms with E-state index in [1.807, 2.05) is 12.1 Å². The Morgan fingerprint density at radius 2 is 1.45 bits per heavy atom. The van der Waals surface area contributed by atoms with Gasteiger partial charge in [-0.05, 0) is 48.1 Å². The molecule has 2 N–H and O–H groups in total. The number of hydrogen-bond acceptors (Lipinski definition) is 2. The zero-order valence-electron chi connectivity index (χ0n) is 11.5. The first kappa shape index (κ1) is 12.9. The van der Waals surface area contributed by atoms with E-state index in [9.17, 15) is 5.26 Å². The average molecular weight is 262 g/mol. The van der Waals surface area contributed by atoms with Crippen LogP contribution in [0.1, 0.15) is 28.7 Å².